The third kappa shape index (κ3) is 5.76. The smallest absolute Gasteiger partial charge is 0.372 e. The van der Waals surface area contributed by atoms with Crippen molar-refractivity contribution in [1.82, 2.24) is 0 Å². The Bertz CT molecular complexity index is 1210. The molecule has 35 heavy (non-hydrogen) atoms. The van der Waals surface area contributed by atoms with E-state index in [0.717, 1.165) is 53.9 Å². The van der Waals surface area contributed by atoms with Gasteiger partial charge >= 0.3 is 11.5 Å². The van der Waals surface area contributed by atoms with E-state index in [1.165, 1.54) is 26.9 Å². The maximum atomic E-state index is 6.52. The number of nitrogens with zero attached hydrogens (tertiary/aromatic N) is 4. The van der Waals surface area contributed by atoms with Crippen LogP contribution in [-0.2, 0) is 0 Å². The first-order valence-corrected chi connectivity index (χ1v) is 13.4. The Balaban J connectivity index is 1.74. The van der Waals surface area contributed by atoms with Gasteiger partial charge in [-0.2, -0.15) is 4.42 Å². The van der Waals surface area contributed by atoms with Gasteiger partial charge in [0.15, 0.2) is 0 Å². The zero-order chi connectivity index (χ0) is 25.2. The Kier molecular flexibility index (Phi) is 7.62. The number of anilines is 3. The van der Waals surface area contributed by atoms with Crippen molar-refractivity contribution in [2.24, 2.45) is 0 Å². The number of rotatable bonds is 9. The Morgan fingerprint density at radius 3 is 2.46 bits per heavy atom. The fourth-order valence-electron chi connectivity index (χ4n) is 4.55. The molecule has 0 N–H and O–H groups in total. The van der Waals surface area contributed by atoms with E-state index in [-0.39, 0.29) is 0 Å². The van der Waals surface area contributed by atoms with E-state index in [1.54, 1.807) is 0 Å². The van der Waals surface area contributed by atoms with Crippen molar-refractivity contribution >= 4 is 46.1 Å². The lowest BCUT2D eigenvalue weighted by molar-refractivity contribution is -0.870. The Hall–Kier alpha value is -2.70. The van der Waals surface area contributed by atoms with Crippen molar-refractivity contribution in [3.63, 3.8) is 0 Å². The molecular weight excluding hydrogens is 452 g/mol. The topological polar surface area (TPSA) is 21.0 Å². The highest BCUT2D eigenvalue weighted by Gasteiger charge is 2.25. The fourth-order valence-corrected chi connectivity index (χ4v) is 5.65. The van der Waals surface area contributed by atoms with Crippen molar-refractivity contribution < 1.29 is 8.90 Å². The van der Waals surface area contributed by atoms with Crippen LogP contribution in [0.1, 0.15) is 25.8 Å². The van der Waals surface area contributed by atoms with Crippen LogP contribution in [-0.4, -0.2) is 65.9 Å². The molecule has 0 saturated carbocycles. The normalized spacial score (nSPS) is 14.6. The van der Waals surface area contributed by atoms with Gasteiger partial charge < -0.3 is 14.3 Å². The zero-order valence-corrected chi connectivity index (χ0v) is 23.2. The zero-order valence-electron chi connectivity index (χ0n) is 22.3. The van der Waals surface area contributed by atoms with Crippen molar-refractivity contribution in [2.75, 3.05) is 76.1 Å². The predicted molar refractivity (Wildman–Crippen MR) is 154 cm³/mol. The summed E-state index contributed by atoms with van der Waals surface area (Å²) in [7, 11) is 11.0. The van der Waals surface area contributed by atoms with Crippen LogP contribution in [0.25, 0.3) is 17.0 Å². The molecule has 3 aromatic rings. The summed E-state index contributed by atoms with van der Waals surface area (Å²) in [6.45, 7) is 8.43. The number of hydrogen-bond donors (Lipinski definition) is 0. The minimum Gasteiger partial charge on any atom is -0.372 e. The summed E-state index contributed by atoms with van der Waals surface area (Å²) in [6, 6.07) is 17.4. The molecule has 6 heteroatoms. The number of thioether (sulfide) groups is 1. The SMILES string of the molecule is CCN(CC)c1ccc2c(/C=C3\Sc4ccccc4N3C)cc(N(C)CCC[N+](C)(C)C)[o+]c2c1. The van der Waals surface area contributed by atoms with E-state index in [9.17, 15) is 0 Å². The predicted octanol–water partition coefficient (Wildman–Crippen LogP) is 6.63. The minimum absolute atomic E-state index is 0.908. The third-order valence-electron chi connectivity index (χ3n) is 6.65. The first kappa shape index (κ1) is 25.4. The van der Waals surface area contributed by atoms with Crippen LogP contribution in [0.5, 0.6) is 0 Å². The van der Waals surface area contributed by atoms with Crippen LogP contribution in [0, 0.1) is 0 Å². The second kappa shape index (κ2) is 10.5. The molecule has 0 amide bonds. The van der Waals surface area contributed by atoms with Gasteiger partial charge in [0.25, 0.3) is 0 Å². The van der Waals surface area contributed by atoms with Gasteiger partial charge in [0.2, 0.25) is 0 Å². The molecule has 4 rings (SSSR count). The van der Waals surface area contributed by atoms with E-state index in [2.05, 4.69) is 118 Å². The van der Waals surface area contributed by atoms with Gasteiger partial charge in [0.05, 0.1) is 55.9 Å². The molecule has 1 aromatic heterocycles. The Labute approximate surface area is 215 Å². The third-order valence-corrected chi connectivity index (χ3v) is 7.81. The van der Waals surface area contributed by atoms with Crippen molar-refractivity contribution in [2.45, 2.75) is 25.2 Å². The van der Waals surface area contributed by atoms with Crippen molar-refractivity contribution in [1.29, 1.82) is 0 Å². The molecule has 0 bridgehead atoms. The summed E-state index contributed by atoms with van der Waals surface area (Å²) in [5.41, 5.74) is 4.58. The Morgan fingerprint density at radius 2 is 1.77 bits per heavy atom. The van der Waals surface area contributed by atoms with E-state index in [4.69, 9.17) is 4.42 Å². The van der Waals surface area contributed by atoms with Crippen molar-refractivity contribution in [3.8, 4) is 0 Å². The number of hydrogen-bond acceptors (Lipinski definition) is 4. The first-order chi connectivity index (χ1) is 16.7. The maximum absolute atomic E-state index is 6.52. The molecule has 2 aromatic carbocycles. The number of benzene rings is 2. The summed E-state index contributed by atoms with van der Waals surface area (Å²) >= 11 is 1.83. The summed E-state index contributed by atoms with van der Waals surface area (Å²) in [5.74, 6) is 0.908. The molecule has 1 aliphatic rings. The van der Waals surface area contributed by atoms with Gasteiger partial charge in [-0.15, -0.1) is 0 Å². The van der Waals surface area contributed by atoms with E-state index >= 15 is 0 Å². The fraction of sp³-hybridized carbons (Fsp3) is 0.414. The minimum atomic E-state index is 0.908. The average molecular weight is 493 g/mol. The lowest BCUT2D eigenvalue weighted by Gasteiger charge is -2.24. The monoisotopic (exact) mass is 492 g/mol. The molecule has 0 spiro atoms. The van der Waals surface area contributed by atoms with Gasteiger partial charge in [-0.05, 0) is 44.2 Å². The summed E-state index contributed by atoms with van der Waals surface area (Å²) in [5, 5.41) is 2.37. The number of para-hydroxylation sites is 1. The first-order valence-electron chi connectivity index (χ1n) is 12.6. The molecular formula is C29H40N4OS+2. The van der Waals surface area contributed by atoms with Crippen LogP contribution in [0.3, 0.4) is 0 Å². The summed E-state index contributed by atoms with van der Waals surface area (Å²) < 4.78 is 7.49. The van der Waals surface area contributed by atoms with Gasteiger partial charge in [-0.1, -0.05) is 23.9 Å². The molecule has 1 aliphatic heterocycles. The molecule has 2 heterocycles. The molecule has 5 nitrogen and oxygen atoms in total. The van der Waals surface area contributed by atoms with Crippen LogP contribution >= 0.6 is 11.8 Å². The lowest BCUT2D eigenvalue weighted by atomic mass is 10.1. The molecule has 0 saturated heterocycles. The lowest BCUT2D eigenvalue weighted by Crippen LogP contribution is -2.37. The molecule has 0 radical (unpaired) electrons. The van der Waals surface area contributed by atoms with Crippen LogP contribution < -0.4 is 14.7 Å². The van der Waals surface area contributed by atoms with Gasteiger partial charge in [0, 0.05) is 56.3 Å². The number of fused-ring (bicyclic) bond motifs is 2. The second-order valence-electron chi connectivity index (χ2n) is 10.3. The highest BCUT2D eigenvalue weighted by Crippen LogP contribution is 2.46. The highest BCUT2D eigenvalue weighted by molar-refractivity contribution is 8.03. The van der Waals surface area contributed by atoms with Gasteiger partial charge in [-0.25, -0.2) is 0 Å². The maximum Gasteiger partial charge on any atom is 0.430 e. The van der Waals surface area contributed by atoms with Crippen molar-refractivity contribution in [3.05, 3.63) is 59.1 Å². The molecule has 186 valence electrons. The molecule has 0 atom stereocenters. The second-order valence-corrected chi connectivity index (χ2v) is 11.4. The Morgan fingerprint density at radius 1 is 1.03 bits per heavy atom. The standard InChI is InChI=1S/C29H40N4OS/c1-8-32(9-2)23-15-16-24-22(20-29-31(4)25-13-10-11-14-27(25)35-29)19-28(34-26(24)21-23)30(3)17-12-18-33(5,6)7/h10-11,13-16,19-21H,8-9,12,17-18H2,1-7H3/q+2/b29-20-. The molecule has 0 fully saturated rings. The van der Waals surface area contributed by atoms with Crippen LogP contribution in [0.15, 0.2) is 62.9 Å². The highest BCUT2D eigenvalue weighted by atomic mass is 32.2. The van der Waals surface area contributed by atoms with E-state index < -0.39 is 0 Å². The largest absolute Gasteiger partial charge is 0.430 e. The van der Waals surface area contributed by atoms with Crippen LogP contribution in [0.2, 0.25) is 0 Å². The summed E-state index contributed by atoms with van der Waals surface area (Å²) in [6.07, 6.45) is 3.42. The molecule has 0 aliphatic carbocycles. The van der Waals surface area contributed by atoms with E-state index in [1.807, 2.05) is 11.8 Å². The quantitative estimate of drug-likeness (QED) is 0.246. The van der Waals surface area contributed by atoms with Gasteiger partial charge in [-0.3, -0.25) is 4.90 Å². The summed E-state index contributed by atoms with van der Waals surface area (Å²) in [4.78, 5) is 8.20. The average Bonchev–Trinajstić information content (AvgIpc) is 3.14. The molecule has 0 unspecified atom stereocenters. The van der Waals surface area contributed by atoms with E-state index in [0.29, 0.717) is 0 Å². The van der Waals surface area contributed by atoms with Gasteiger partial charge in [0.1, 0.15) is 0 Å². The number of quaternary nitrogens is 1. The van der Waals surface area contributed by atoms with Crippen LogP contribution in [0.4, 0.5) is 17.3 Å².